The zero-order valence-corrected chi connectivity index (χ0v) is 27.0. The Kier molecular flexibility index (Phi) is 14.5. The van der Waals surface area contributed by atoms with E-state index in [9.17, 15) is 19.1 Å². The number of unbranched alkanes of at least 4 members (excludes halogenated alkanes) is 1. The highest BCUT2D eigenvalue weighted by Crippen LogP contribution is 2.30. The number of rotatable bonds is 21. The average molecular weight is 634 g/mol. The Morgan fingerprint density at radius 3 is 1.96 bits per heavy atom. The summed E-state index contributed by atoms with van der Waals surface area (Å²) in [6.45, 7) is 3.86. The first-order valence-corrected chi connectivity index (χ1v) is 16.6. The van der Waals surface area contributed by atoms with Gasteiger partial charge in [-0.1, -0.05) is 12.1 Å². The van der Waals surface area contributed by atoms with Gasteiger partial charge in [0.2, 0.25) is 0 Å². The minimum atomic E-state index is -0.627. The van der Waals surface area contributed by atoms with Crippen LogP contribution in [-0.4, -0.2) is 61.5 Å². The van der Waals surface area contributed by atoms with Crippen LogP contribution in [0.1, 0.15) is 86.2 Å². The van der Waals surface area contributed by atoms with Crippen molar-refractivity contribution < 1.29 is 33.3 Å². The molecule has 7 nitrogen and oxygen atoms in total. The fourth-order valence-corrected chi connectivity index (χ4v) is 5.86. The van der Waals surface area contributed by atoms with Crippen molar-refractivity contribution in [3.63, 3.8) is 0 Å². The standard InChI is InChI=1S/C38H48FNO6/c1-44-34-18-12-29(13-19-34)37(42)11-3-2-9-33(41)10-6-8-31(28-40-24-4-5-25-40)38(43)30-14-20-35(21-15-30)45-26-7-27-46-36-22-16-32(39)17-23-36/h12-23,31,38,43H,2-11,24-28H2,1H3. The number of hydrogen-bond donors (Lipinski definition) is 1. The van der Waals surface area contributed by atoms with E-state index in [2.05, 4.69) is 4.90 Å². The van der Waals surface area contributed by atoms with E-state index in [-0.39, 0.29) is 23.3 Å². The number of ether oxygens (including phenoxy) is 3. The third-order valence-electron chi connectivity index (χ3n) is 8.55. The minimum Gasteiger partial charge on any atom is -0.497 e. The van der Waals surface area contributed by atoms with Gasteiger partial charge >= 0.3 is 0 Å². The normalized spacial score (nSPS) is 14.5. The Labute approximate surface area is 272 Å². The van der Waals surface area contributed by atoms with E-state index in [1.807, 2.05) is 24.3 Å². The lowest BCUT2D eigenvalue weighted by molar-refractivity contribution is -0.119. The van der Waals surface area contributed by atoms with Gasteiger partial charge in [0.25, 0.3) is 0 Å². The van der Waals surface area contributed by atoms with Crippen LogP contribution in [0.25, 0.3) is 0 Å². The number of ketones is 2. The summed E-state index contributed by atoms with van der Waals surface area (Å²) in [6.07, 6.45) is 6.73. The molecule has 0 aromatic heterocycles. The lowest BCUT2D eigenvalue weighted by atomic mass is 9.89. The monoisotopic (exact) mass is 633 g/mol. The number of aliphatic hydroxyl groups excluding tert-OH is 1. The third kappa shape index (κ3) is 11.9. The molecule has 3 aromatic rings. The summed E-state index contributed by atoms with van der Waals surface area (Å²) >= 11 is 0. The van der Waals surface area contributed by atoms with Gasteiger partial charge in [0.15, 0.2) is 5.78 Å². The summed E-state index contributed by atoms with van der Waals surface area (Å²) in [5.74, 6) is 2.12. The average Bonchev–Trinajstić information content (AvgIpc) is 3.60. The molecular formula is C38H48FNO6. The summed E-state index contributed by atoms with van der Waals surface area (Å²) in [5, 5.41) is 11.4. The second kappa shape index (κ2) is 19.0. The van der Waals surface area contributed by atoms with Crippen molar-refractivity contribution >= 4 is 11.6 Å². The number of hydrogen-bond acceptors (Lipinski definition) is 7. The predicted octanol–water partition coefficient (Wildman–Crippen LogP) is 7.61. The fourth-order valence-electron chi connectivity index (χ4n) is 5.86. The first kappa shape index (κ1) is 35.1. The Morgan fingerprint density at radius 1 is 0.761 bits per heavy atom. The maximum absolute atomic E-state index is 13.0. The van der Waals surface area contributed by atoms with E-state index in [1.54, 1.807) is 43.5 Å². The number of likely N-dealkylation sites (tertiary alicyclic amines) is 1. The molecule has 0 amide bonds. The smallest absolute Gasteiger partial charge is 0.162 e. The molecule has 2 atom stereocenters. The van der Waals surface area contributed by atoms with Crippen LogP contribution in [-0.2, 0) is 4.79 Å². The van der Waals surface area contributed by atoms with Gasteiger partial charge in [-0.05, 0) is 118 Å². The quantitative estimate of drug-likeness (QED) is 0.0955. The van der Waals surface area contributed by atoms with Crippen LogP contribution >= 0.6 is 0 Å². The predicted molar refractivity (Wildman–Crippen MR) is 177 cm³/mol. The lowest BCUT2D eigenvalue weighted by Gasteiger charge is -2.28. The molecule has 0 radical (unpaired) electrons. The van der Waals surface area contributed by atoms with Crippen LogP contribution in [0.5, 0.6) is 17.2 Å². The van der Waals surface area contributed by atoms with Gasteiger partial charge in [-0.15, -0.1) is 0 Å². The van der Waals surface area contributed by atoms with Crippen LogP contribution < -0.4 is 14.2 Å². The highest BCUT2D eigenvalue weighted by atomic mass is 19.1. The molecule has 1 aliphatic heterocycles. The van der Waals surface area contributed by atoms with E-state index in [0.29, 0.717) is 63.1 Å². The van der Waals surface area contributed by atoms with Crippen molar-refractivity contribution in [2.75, 3.05) is 40.0 Å². The maximum Gasteiger partial charge on any atom is 0.162 e. The van der Waals surface area contributed by atoms with Crippen molar-refractivity contribution in [1.29, 1.82) is 0 Å². The number of aliphatic hydroxyl groups is 1. The summed E-state index contributed by atoms with van der Waals surface area (Å²) < 4.78 is 29.6. The fraction of sp³-hybridized carbons (Fsp3) is 0.474. The summed E-state index contributed by atoms with van der Waals surface area (Å²) in [5.41, 5.74) is 1.52. The second-order valence-corrected chi connectivity index (χ2v) is 12.1. The Morgan fingerprint density at radius 2 is 1.33 bits per heavy atom. The molecule has 1 heterocycles. The van der Waals surface area contributed by atoms with Crippen molar-refractivity contribution in [1.82, 2.24) is 4.90 Å². The highest BCUT2D eigenvalue weighted by molar-refractivity contribution is 5.96. The summed E-state index contributed by atoms with van der Waals surface area (Å²) in [6, 6.07) is 20.7. The SMILES string of the molecule is COc1ccc(C(=O)CCCCC(=O)CCCC(CN2CCCC2)C(O)c2ccc(OCCCOc3ccc(F)cc3)cc2)cc1. The molecule has 0 saturated carbocycles. The number of nitrogens with zero attached hydrogens (tertiary/aromatic N) is 1. The van der Waals surface area contributed by atoms with E-state index in [4.69, 9.17) is 14.2 Å². The number of Topliss-reactive ketones (excluding diaryl/α,β-unsaturated/α-hetero) is 2. The van der Waals surface area contributed by atoms with Gasteiger partial charge in [0.05, 0.1) is 26.4 Å². The van der Waals surface area contributed by atoms with Gasteiger partial charge in [0, 0.05) is 43.7 Å². The second-order valence-electron chi connectivity index (χ2n) is 12.1. The Balaban J connectivity index is 1.16. The molecule has 3 aromatic carbocycles. The van der Waals surface area contributed by atoms with E-state index >= 15 is 0 Å². The van der Waals surface area contributed by atoms with E-state index in [1.165, 1.54) is 25.0 Å². The van der Waals surface area contributed by atoms with Crippen molar-refractivity contribution in [2.45, 2.75) is 70.3 Å². The van der Waals surface area contributed by atoms with Crippen molar-refractivity contribution in [3.8, 4) is 17.2 Å². The lowest BCUT2D eigenvalue weighted by Crippen LogP contribution is -2.30. The Hall–Kier alpha value is -3.75. The molecule has 0 spiro atoms. The van der Waals surface area contributed by atoms with Gasteiger partial charge in [-0.2, -0.15) is 0 Å². The molecule has 248 valence electrons. The molecule has 0 bridgehead atoms. The van der Waals surface area contributed by atoms with Gasteiger partial charge in [-0.3, -0.25) is 9.59 Å². The molecular weight excluding hydrogens is 585 g/mol. The molecule has 1 aliphatic rings. The molecule has 1 saturated heterocycles. The van der Waals surface area contributed by atoms with Crippen molar-refractivity contribution in [3.05, 3.63) is 89.7 Å². The highest BCUT2D eigenvalue weighted by Gasteiger charge is 2.25. The van der Waals surface area contributed by atoms with E-state index < -0.39 is 6.10 Å². The third-order valence-corrected chi connectivity index (χ3v) is 8.55. The molecule has 0 aliphatic carbocycles. The van der Waals surface area contributed by atoms with Crippen molar-refractivity contribution in [2.24, 2.45) is 5.92 Å². The zero-order valence-electron chi connectivity index (χ0n) is 27.0. The molecule has 4 rings (SSSR count). The number of halogens is 1. The van der Waals surface area contributed by atoms with Crippen LogP contribution in [0.4, 0.5) is 4.39 Å². The number of carbonyl (C=O) groups excluding carboxylic acids is 2. The molecule has 1 N–H and O–H groups in total. The number of benzene rings is 3. The minimum absolute atomic E-state index is 0.0309. The first-order valence-electron chi connectivity index (χ1n) is 16.6. The maximum atomic E-state index is 13.0. The summed E-state index contributed by atoms with van der Waals surface area (Å²) in [4.78, 5) is 27.5. The van der Waals surface area contributed by atoms with Gasteiger partial charge in [0.1, 0.15) is 28.8 Å². The largest absolute Gasteiger partial charge is 0.497 e. The van der Waals surface area contributed by atoms with Crippen LogP contribution in [0.15, 0.2) is 72.8 Å². The Bertz CT molecular complexity index is 1320. The first-order chi connectivity index (χ1) is 22.4. The van der Waals surface area contributed by atoms with E-state index in [0.717, 1.165) is 49.5 Å². The zero-order chi connectivity index (χ0) is 32.6. The molecule has 2 unspecified atom stereocenters. The van der Waals surface area contributed by atoms with Crippen LogP contribution in [0.2, 0.25) is 0 Å². The number of methoxy groups -OCH3 is 1. The molecule has 46 heavy (non-hydrogen) atoms. The summed E-state index contributed by atoms with van der Waals surface area (Å²) in [7, 11) is 1.60. The molecule has 1 fully saturated rings. The topological polar surface area (TPSA) is 85.3 Å². The molecule has 8 heteroatoms. The van der Waals surface area contributed by atoms with Gasteiger partial charge in [-0.25, -0.2) is 4.39 Å². The van der Waals surface area contributed by atoms with Crippen LogP contribution in [0.3, 0.4) is 0 Å². The van der Waals surface area contributed by atoms with Gasteiger partial charge < -0.3 is 24.2 Å². The number of carbonyl (C=O) groups is 2. The van der Waals surface area contributed by atoms with Crippen LogP contribution in [0, 0.1) is 11.7 Å².